The maximum absolute atomic E-state index is 11.5. The number of hydrogen-bond donors (Lipinski definition) is 2. The second kappa shape index (κ2) is 3.62. The molecule has 0 aromatic heterocycles. The Morgan fingerprint density at radius 2 is 1.87 bits per heavy atom. The smallest absolute Gasteiger partial charge is 0.232 e. The first-order valence-corrected chi connectivity index (χ1v) is 4.96. The summed E-state index contributed by atoms with van der Waals surface area (Å²) in [5, 5.41) is 2.27. The molecule has 0 spiro atoms. The van der Waals surface area contributed by atoms with Crippen LogP contribution in [0.1, 0.15) is 6.42 Å². The number of amides is 3. The number of likely N-dealkylation sites (tertiary alicyclic amines) is 1. The summed E-state index contributed by atoms with van der Waals surface area (Å²) in [5.41, 5.74) is 5.27. The van der Waals surface area contributed by atoms with Gasteiger partial charge in [0.25, 0.3) is 0 Å². The van der Waals surface area contributed by atoms with Crippen molar-refractivity contribution in [3.63, 3.8) is 0 Å². The van der Waals surface area contributed by atoms with Gasteiger partial charge in [0.1, 0.15) is 0 Å². The molecule has 2 heterocycles. The summed E-state index contributed by atoms with van der Waals surface area (Å²) in [6.07, 6.45) is 0.273. The number of carbonyl (C=O) groups is 3. The minimum Gasteiger partial charge on any atom is -0.341 e. The van der Waals surface area contributed by atoms with E-state index in [-0.39, 0.29) is 36.0 Å². The number of carbonyl (C=O) groups excluding carboxylic acids is 3. The molecular formula is C9H13N3O3. The highest BCUT2D eigenvalue weighted by molar-refractivity contribution is 6.06. The lowest BCUT2D eigenvalue weighted by molar-refractivity contribution is -0.131. The number of imide groups is 1. The zero-order chi connectivity index (χ0) is 11.0. The largest absolute Gasteiger partial charge is 0.341 e. The summed E-state index contributed by atoms with van der Waals surface area (Å²) in [6, 6.07) is 0. The lowest BCUT2D eigenvalue weighted by atomic mass is 10.00. The average molecular weight is 211 g/mol. The van der Waals surface area contributed by atoms with Gasteiger partial charge in [-0.1, -0.05) is 0 Å². The Labute approximate surface area is 86.8 Å². The van der Waals surface area contributed by atoms with Gasteiger partial charge in [-0.25, -0.2) is 0 Å². The summed E-state index contributed by atoms with van der Waals surface area (Å²) >= 11 is 0. The van der Waals surface area contributed by atoms with Crippen LogP contribution < -0.4 is 11.1 Å². The van der Waals surface area contributed by atoms with Crippen molar-refractivity contribution in [3.8, 4) is 0 Å². The summed E-state index contributed by atoms with van der Waals surface area (Å²) in [6.45, 7) is 0.993. The van der Waals surface area contributed by atoms with Crippen LogP contribution in [0.15, 0.2) is 0 Å². The van der Waals surface area contributed by atoms with E-state index >= 15 is 0 Å². The minimum absolute atomic E-state index is 0.0764. The van der Waals surface area contributed by atoms with Gasteiger partial charge < -0.3 is 10.6 Å². The van der Waals surface area contributed by atoms with Crippen LogP contribution in [-0.2, 0) is 14.4 Å². The van der Waals surface area contributed by atoms with Crippen LogP contribution in [0.2, 0.25) is 0 Å². The van der Waals surface area contributed by atoms with Crippen molar-refractivity contribution in [2.45, 2.75) is 6.42 Å². The van der Waals surface area contributed by atoms with Gasteiger partial charge in [-0.2, -0.15) is 0 Å². The van der Waals surface area contributed by atoms with E-state index in [1.54, 1.807) is 4.90 Å². The van der Waals surface area contributed by atoms with Crippen LogP contribution in [0.3, 0.4) is 0 Å². The maximum Gasteiger partial charge on any atom is 0.232 e. The molecule has 82 valence electrons. The van der Waals surface area contributed by atoms with Crippen molar-refractivity contribution < 1.29 is 14.4 Å². The normalized spacial score (nSPS) is 29.3. The molecule has 6 heteroatoms. The van der Waals surface area contributed by atoms with E-state index in [2.05, 4.69) is 5.32 Å². The molecule has 0 unspecified atom stereocenters. The van der Waals surface area contributed by atoms with E-state index in [0.29, 0.717) is 19.6 Å². The first-order valence-electron chi connectivity index (χ1n) is 4.96. The molecule has 0 aromatic carbocycles. The number of nitrogens with one attached hydrogen (secondary N) is 1. The lowest BCUT2D eigenvalue weighted by Crippen LogP contribution is -2.35. The highest BCUT2D eigenvalue weighted by Gasteiger charge is 2.48. The van der Waals surface area contributed by atoms with Crippen molar-refractivity contribution in [1.29, 1.82) is 0 Å². The molecule has 0 bridgehead atoms. The van der Waals surface area contributed by atoms with Gasteiger partial charge in [0.2, 0.25) is 17.7 Å². The first-order chi connectivity index (χ1) is 7.13. The van der Waals surface area contributed by atoms with Gasteiger partial charge in [0, 0.05) is 26.1 Å². The van der Waals surface area contributed by atoms with Crippen molar-refractivity contribution >= 4 is 17.7 Å². The van der Waals surface area contributed by atoms with Crippen LogP contribution in [0.25, 0.3) is 0 Å². The predicted molar refractivity (Wildman–Crippen MR) is 50.4 cm³/mol. The Morgan fingerprint density at radius 3 is 2.33 bits per heavy atom. The van der Waals surface area contributed by atoms with Gasteiger partial charge in [-0.3, -0.25) is 19.7 Å². The van der Waals surface area contributed by atoms with Crippen LogP contribution in [0.5, 0.6) is 0 Å². The second-order valence-electron chi connectivity index (χ2n) is 3.90. The van der Waals surface area contributed by atoms with Gasteiger partial charge in [-0.05, 0) is 0 Å². The fourth-order valence-electron chi connectivity index (χ4n) is 2.13. The zero-order valence-electron chi connectivity index (χ0n) is 8.23. The SMILES string of the molecule is NCCC(=O)N1C[C@@H]2C(=O)NC(=O)[C@@H]2C1. The van der Waals surface area contributed by atoms with Gasteiger partial charge >= 0.3 is 0 Å². The molecule has 0 radical (unpaired) electrons. The average Bonchev–Trinajstić information content (AvgIpc) is 2.70. The third-order valence-corrected chi connectivity index (χ3v) is 2.95. The van der Waals surface area contributed by atoms with E-state index in [9.17, 15) is 14.4 Å². The van der Waals surface area contributed by atoms with Crippen molar-refractivity contribution in [3.05, 3.63) is 0 Å². The molecule has 6 nitrogen and oxygen atoms in total. The zero-order valence-corrected chi connectivity index (χ0v) is 8.23. The van der Waals surface area contributed by atoms with E-state index in [1.165, 1.54) is 0 Å². The van der Waals surface area contributed by atoms with Crippen LogP contribution in [-0.4, -0.2) is 42.3 Å². The highest BCUT2D eigenvalue weighted by atomic mass is 16.2. The number of rotatable bonds is 2. The van der Waals surface area contributed by atoms with E-state index in [1.807, 2.05) is 0 Å². The Kier molecular flexibility index (Phi) is 2.44. The van der Waals surface area contributed by atoms with Crippen LogP contribution in [0.4, 0.5) is 0 Å². The van der Waals surface area contributed by atoms with Gasteiger partial charge in [0.15, 0.2) is 0 Å². The molecule has 2 saturated heterocycles. The minimum atomic E-state index is -0.348. The van der Waals surface area contributed by atoms with Crippen molar-refractivity contribution in [2.24, 2.45) is 17.6 Å². The van der Waals surface area contributed by atoms with E-state index in [4.69, 9.17) is 5.73 Å². The standard InChI is InChI=1S/C9H13N3O3/c10-2-1-7(13)12-3-5-6(4-12)9(15)11-8(5)14/h5-6H,1-4,10H2,(H,11,14,15)/t5-,6+. The van der Waals surface area contributed by atoms with Crippen LogP contribution in [0, 0.1) is 11.8 Å². The van der Waals surface area contributed by atoms with Gasteiger partial charge in [0.05, 0.1) is 11.8 Å². The molecule has 2 rings (SSSR count). The molecule has 2 fully saturated rings. The predicted octanol–water partition coefficient (Wildman–Crippen LogP) is -1.93. The number of nitrogens with zero attached hydrogens (tertiary/aromatic N) is 1. The molecule has 0 aromatic rings. The molecule has 15 heavy (non-hydrogen) atoms. The maximum atomic E-state index is 11.5. The molecule has 3 N–H and O–H groups in total. The van der Waals surface area contributed by atoms with Gasteiger partial charge in [-0.15, -0.1) is 0 Å². The van der Waals surface area contributed by atoms with Crippen LogP contribution >= 0.6 is 0 Å². The molecule has 3 amide bonds. The molecular weight excluding hydrogens is 198 g/mol. The molecule has 2 atom stereocenters. The Bertz CT molecular complexity index is 307. The summed E-state index contributed by atoms with van der Waals surface area (Å²) in [4.78, 5) is 35.6. The molecule has 0 aliphatic carbocycles. The Morgan fingerprint density at radius 1 is 1.33 bits per heavy atom. The summed E-state index contributed by atoms with van der Waals surface area (Å²) in [7, 11) is 0. The number of hydrogen-bond acceptors (Lipinski definition) is 4. The fraction of sp³-hybridized carbons (Fsp3) is 0.667. The summed E-state index contributed by atoms with van der Waals surface area (Å²) in [5.74, 6) is -1.29. The summed E-state index contributed by atoms with van der Waals surface area (Å²) < 4.78 is 0. The molecule has 0 saturated carbocycles. The first kappa shape index (κ1) is 10.1. The fourth-order valence-corrected chi connectivity index (χ4v) is 2.13. The Hall–Kier alpha value is -1.43. The third kappa shape index (κ3) is 1.61. The number of fused-ring (bicyclic) bond motifs is 1. The topological polar surface area (TPSA) is 92.5 Å². The lowest BCUT2D eigenvalue weighted by Gasteiger charge is -2.16. The van der Waals surface area contributed by atoms with Crippen molar-refractivity contribution in [2.75, 3.05) is 19.6 Å². The highest BCUT2D eigenvalue weighted by Crippen LogP contribution is 2.28. The van der Waals surface area contributed by atoms with E-state index in [0.717, 1.165) is 0 Å². The monoisotopic (exact) mass is 211 g/mol. The third-order valence-electron chi connectivity index (χ3n) is 2.95. The number of nitrogens with two attached hydrogens (primary N) is 1. The molecule has 2 aliphatic rings. The molecule has 2 aliphatic heterocycles. The second-order valence-corrected chi connectivity index (χ2v) is 3.90. The van der Waals surface area contributed by atoms with Crippen molar-refractivity contribution in [1.82, 2.24) is 10.2 Å². The quantitative estimate of drug-likeness (QED) is 0.520. The van der Waals surface area contributed by atoms with E-state index < -0.39 is 0 Å². The Balaban J connectivity index is 2.03.